The summed E-state index contributed by atoms with van der Waals surface area (Å²) in [5.41, 5.74) is 3.72. The third-order valence-corrected chi connectivity index (χ3v) is 5.38. The molecule has 0 amide bonds. The van der Waals surface area contributed by atoms with E-state index in [-0.39, 0.29) is 12.3 Å². The van der Waals surface area contributed by atoms with Gasteiger partial charge >= 0.3 is 5.97 Å². The van der Waals surface area contributed by atoms with E-state index in [1.807, 2.05) is 48.5 Å². The summed E-state index contributed by atoms with van der Waals surface area (Å²) in [6.45, 7) is 2.67. The van der Waals surface area contributed by atoms with Crippen molar-refractivity contribution < 1.29 is 15.0 Å². The number of para-hydroxylation sites is 1. The van der Waals surface area contributed by atoms with E-state index < -0.39 is 5.97 Å². The molecule has 0 spiro atoms. The smallest absolute Gasteiger partial charge is 0.352 e. The summed E-state index contributed by atoms with van der Waals surface area (Å²) in [5.74, 6) is 0.00436. The Bertz CT molecular complexity index is 1180. The summed E-state index contributed by atoms with van der Waals surface area (Å²) in [6, 6.07) is 17.2. The van der Waals surface area contributed by atoms with E-state index in [4.69, 9.17) is 0 Å². The summed E-state index contributed by atoms with van der Waals surface area (Å²) in [5, 5.41) is 20.3. The Morgan fingerprint density at radius 2 is 1.90 bits per heavy atom. The molecule has 4 aromatic rings. The fourth-order valence-electron chi connectivity index (χ4n) is 3.87. The quantitative estimate of drug-likeness (QED) is 0.457. The van der Waals surface area contributed by atoms with Gasteiger partial charge in [0.15, 0.2) is 0 Å². The van der Waals surface area contributed by atoms with Crippen molar-refractivity contribution in [3.8, 4) is 5.69 Å². The zero-order valence-electron chi connectivity index (χ0n) is 17.0. The van der Waals surface area contributed by atoms with Crippen molar-refractivity contribution in [3.05, 3.63) is 83.6 Å². The summed E-state index contributed by atoms with van der Waals surface area (Å²) in [4.78, 5) is 16.4. The maximum atomic E-state index is 11.9. The van der Waals surface area contributed by atoms with Gasteiger partial charge in [0.05, 0.1) is 24.0 Å². The van der Waals surface area contributed by atoms with Crippen LogP contribution in [0, 0.1) is 0 Å². The molecule has 6 nitrogen and oxygen atoms in total. The van der Waals surface area contributed by atoms with Crippen LogP contribution in [-0.2, 0) is 19.6 Å². The van der Waals surface area contributed by atoms with E-state index in [1.165, 1.54) is 0 Å². The molecule has 30 heavy (non-hydrogen) atoms. The molecule has 0 aliphatic carbocycles. The van der Waals surface area contributed by atoms with Gasteiger partial charge < -0.3 is 19.3 Å². The maximum Gasteiger partial charge on any atom is 0.352 e. The second kappa shape index (κ2) is 8.55. The molecular weight excluding hydrogens is 378 g/mol. The van der Waals surface area contributed by atoms with Gasteiger partial charge in [0, 0.05) is 24.0 Å². The number of carboxylic acids is 1. The number of benzene rings is 2. The van der Waals surface area contributed by atoms with Gasteiger partial charge in [0.2, 0.25) is 0 Å². The summed E-state index contributed by atoms with van der Waals surface area (Å²) in [7, 11) is 0. The molecule has 0 unspecified atom stereocenters. The normalized spacial score (nSPS) is 11.3. The molecule has 0 atom stereocenters. The second-order valence-electron chi connectivity index (χ2n) is 7.41. The Morgan fingerprint density at radius 1 is 1.10 bits per heavy atom. The third kappa shape index (κ3) is 3.74. The Hall–Kier alpha value is -3.38. The minimum atomic E-state index is -0.962. The lowest BCUT2D eigenvalue weighted by Crippen LogP contribution is -2.09. The highest BCUT2D eigenvalue weighted by Crippen LogP contribution is 2.26. The molecule has 154 valence electrons. The van der Waals surface area contributed by atoms with Crippen LogP contribution in [0.5, 0.6) is 0 Å². The molecule has 0 fully saturated rings. The minimum Gasteiger partial charge on any atom is -0.477 e. The van der Waals surface area contributed by atoms with Crippen LogP contribution in [0.2, 0.25) is 0 Å². The molecule has 0 saturated carbocycles. The van der Waals surface area contributed by atoms with Gasteiger partial charge in [-0.15, -0.1) is 0 Å². The molecule has 0 saturated heterocycles. The fourth-order valence-corrected chi connectivity index (χ4v) is 3.87. The van der Waals surface area contributed by atoms with Crippen LogP contribution in [0.25, 0.3) is 16.6 Å². The average Bonchev–Trinajstić information content (AvgIpc) is 3.33. The molecule has 0 aliphatic rings. The topological polar surface area (TPSA) is 80.3 Å². The standard InChI is InChI=1S/C24H25N3O3/c1-2-3-9-23-25-14-20(16-28)26(23)15-17-10-11-21-18(12-17)13-22(24(29)30)27(21)19-7-5-4-6-8-19/h4-8,10-14,28H,2-3,9,15-16H2,1H3,(H,29,30). The zero-order valence-corrected chi connectivity index (χ0v) is 17.0. The molecule has 0 aliphatic heterocycles. The van der Waals surface area contributed by atoms with Crippen LogP contribution in [-0.4, -0.2) is 30.3 Å². The molecule has 6 heteroatoms. The second-order valence-corrected chi connectivity index (χ2v) is 7.41. The highest BCUT2D eigenvalue weighted by molar-refractivity contribution is 5.96. The number of imidazole rings is 1. The first-order chi connectivity index (χ1) is 14.6. The molecule has 0 radical (unpaired) electrons. The lowest BCUT2D eigenvalue weighted by molar-refractivity contribution is 0.0688. The number of rotatable bonds is 8. The summed E-state index contributed by atoms with van der Waals surface area (Å²) in [6.07, 6.45) is 4.73. The van der Waals surface area contributed by atoms with Gasteiger partial charge in [-0.2, -0.15) is 0 Å². The molecule has 0 bridgehead atoms. The predicted molar refractivity (Wildman–Crippen MR) is 116 cm³/mol. The zero-order chi connectivity index (χ0) is 21.1. The van der Waals surface area contributed by atoms with Gasteiger partial charge in [0.1, 0.15) is 11.5 Å². The first-order valence-electron chi connectivity index (χ1n) is 10.2. The van der Waals surface area contributed by atoms with E-state index in [2.05, 4.69) is 16.5 Å². The van der Waals surface area contributed by atoms with Gasteiger partial charge in [-0.3, -0.25) is 0 Å². The first kappa shape index (κ1) is 19.9. The predicted octanol–water partition coefficient (Wildman–Crippen LogP) is 4.41. The van der Waals surface area contributed by atoms with E-state index in [9.17, 15) is 15.0 Å². The number of aryl methyl sites for hydroxylation is 1. The number of fused-ring (bicyclic) bond motifs is 1. The average molecular weight is 403 g/mol. The van der Waals surface area contributed by atoms with Crippen LogP contribution in [0.15, 0.2) is 60.8 Å². The Balaban J connectivity index is 1.75. The summed E-state index contributed by atoms with van der Waals surface area (Å²) >= 11 is 0. The van der Waals surface area contributed by atoms with Gasteiger partial charge in [-0.25, -0.2) is 9.78 Å². The number of aromatic carboxylic acids is 1. The number of aliphatic hydroxyl groups is 1. The highest BCUT2D eigenvalue weighted by Gasteiger charge is 2.17. The van der Waals surface area contributed by atoms with E-state index in [0.717, 1.165) is 52.9 Å². The number of carbonyl (C=O) groups is 1. The Morgan fingerprint density at radius 3 is 2.60 bits per heavy atom. The number of aliphatic hydroxyl groups excluding tert-OH is 1. The lowest BCUT2D eigenvalue weighted by atomic mass is 10.1. The number of nitrogens with zero attached hydrogens (tertiary/aromatic N) is 3. The van der Waals surface area contributed by atoms with Gasteiger partial charge in [-0.05, 0) is 42.3 Å². The fraction of sp³-hybridized carbons (Fsp3) is 0.250. The first-order valence-corrected chi connectivity index (χ1v) is 10.2. The van der Waals surface area contributed by atoms with Crippen LogP contribution in [0.3, 0.4) is 0 Å². The molecule has 2 N–H and O–H groups in total. The van der Waals surface area contributed by atoms with E-state index >= 15 is 0 Å². The number of carboxylic acid groups (broad SMARTS) is 1. The van der Waals surface area contributed by atoms with Crippen molar-refractivity contribution >= 4 is 16.9 Å². The van der Waals surface area contributed by atoms with Crippen LogP contribution < -0.4 is 0 Å². The van der Waals surface area contributed by atoms with Crippen LogP contribution in [0.4, 0.5) is 0 Å². The molecule has 2 aromatic carbocycles. The largest absolute Gasteiger partial charge is 0.477 e. The van der Waals surface area contributed by atoms with Crippen molar-refractivity contribution in [2.45, 2.75) is 39.3 Å². The van der Waals surface area contributed by atoms with Crippen molar-refractivity contribution in [1.29, 1.82) is 0 Å². The molecule has 4 rings (SSSR count). The number of hydrogen-bond donors (Lipinski definition) is 2. The van der Waals surface area contributed by atoms with E-state index in [1.54, 1.807) is 16.8 Å². The van der Waals surface area contributed by atoms with Crippen molar-refractivity contribution in [2.24, 2.45) is 0 Å². The Kier molecular flexibility index (Phi) is 5.68. The summed E-state index contributed by atoms with van der Waals surface area (Å²) < 4.78 is 3.83. The van der Waals surface area contributed by atoms with E-state index in [0.29, 0.717) is 6.54 Å². The molecule has 2 aromatic heterocycles. The van der Waals surface area contributed by atoms with Crippen LogP contribution >= 0.6 is 0 Å². The highest BCUT2D eigenvalue weighted by atomic mass is 16.4. The number of hydrogen-bond acceptors (Lipinski definition) is 3. The lowest BCUT2D eigenvalue weighted by Gasteiger charge is -2.12. The molecular formula is C24H25N3O3. The van der Waals surface area contributed by atoms with Crippen LogP contribution in [0.1, 0.15) is 47.3 Å². The SMILES string of the molecule is CCCCc1ncc(CO)n1Cc1ccc2c(c1)cc(C(=O)O)n2-c1ccccc1. The van der Waals surface area contributed by atoms with Crippen molar-refractivity contribution in [3.63, 3.8) is 0 Å². The minimum absolute atomic E-state index is 0.0606. The maximum absolute atomic E-state index is 11.9. The monoisotopic (exact) mass is 403 g/mol. The number of unbranched alkanes of at least 4 members (excludes halogenated alkanes) is 1. The van der Waals surface area contributed by atoms with Gasteiger partial charge in [0.25, 0.3) is 0 Å². The number of aromatic nitrogens is 3. The molecule has 2 heterocycles. The van der Waals surface area contributed by atoms with Crippen molar-refractivity contribution in [1.82, 2.24) is 14.1 Å². The Labute approximate surface area is 175 Å². The van der Waals surface area contributed by atoms with Crippen molar-refractivity contribution in [2.75, 3.05) is 0 Å². The third-order valence-electron chi connectivity index (χ3n) is 5.38. The van der Waals surface area contributed by atoms with Gasteiger partial charge in [-0.1, -0.05) is 37.6 Å².